The van der Waals surface area contributed by atoms with Crippen molar-refractivity contribution in [2.24, 2.45) is 0 Å². The number of hydrogen-bond donors (Lipinski definition) is 1. The number of amides is 1. The van der Waals surface area contributed by atoms with Gasteiger partial charge in [-0.25, -0.2) is 4.98 Å². The van der Waals surface area contributed by atoms with E-state index in [9.17, 15) is 4.79 Å². The van der Waals surface area contributed by atoms with Crippen LogP contribution < -0.4 is 5.32 Å². The SMILES string of the molecule is O=C(Nc1cccc(Br)n1)c1cc(Cl)ccc1Cl. The number of rotatable bonds is 2. The third kappa shape index (κ3) is 3.22. The van der Waals surface area contributed by atoms with E-state index in [1.807, 2.05) is 0 Å². The molecule has 0 bridgehead atoms. The van der Waals surface area contributed by atoms with Crippen LogP contribution in [0.1, 0.15) is 10.4 Å². The van der Waals surface area contributed by atoms with Crippen LogP contribution in [0.3, 0.4) is 0 Å². The summed E-state index contributed by atoms with van der Waals surface area (Å²) in [7, 11) is 0. The van der Waals surface area contributed by atoms with Crippen LogP contribution in [-0.4, -0.2) is 10.9 Å². The van der Waals surface area contributed by atoms with Gasteiger partial charge in [-0.1, -0.05) is 29.3 Å². The molecule has 2 aromatic rings. The highest BCUT2D eigenvalue weighted by atomic mass is 79.9. The molecule has 0 aliphatic heterocycles. The summed E-state index contributed by atoms with van der Waals surface area (Å²) in [4.78, 5) is 16.1. The Morgan fingerprint density at radius 1 is 1.22 bits per heavy atom. The summed E-state index contributed by atoms with van der Waals surface area (Å²) in [5.74, 6) is 0.0820. The maximum atomic E-state index is 12.0. The van der Waals surface area contributed by atoms with Crippen molar-refractivity contribution < 1.29 is 4.79 Å². The molecule has 18 heavy (non-hydrogen) atoms. The number of aromatic nitrogens is 1. The molecule has 0 fully saturated rings. The van der Waals surface area contributed by atoms with Gasteiger partial charge in [0.2, 0.25) is 0 Å². The fourth-order valence-corrected chi connectivity index (χ4v) is 2.05. The molecule has 0 aliphatic carbocycles. The van der Waals surface area contributed by atoms with Crippen LogP contribution in [0.5, 0.6) is 0 Å². The smallest absolute Gasteiger partial charge is 0.258 e. The zero-order chi connectivity index (χ0) is 13.1. The van der Waals surface area contributed by atoms with Gasteiger partial charge in [0, 0.05) is 5.02 Å². The van der Waals surface area contributed by atoms with E-state index in [2.05, 4.69) is 26.2 Å². The van der Waals surface area contributed by atoms with Gasteiger partial charge in [-0.05, 0) is 46.3 Å². The molecule has 6 heteroatoms. The van der Waals surface area contributed by atoms with Crippen molar-refractivity contribution in [1.29, 1.82) is 0 Å². The molecule has 0 saturated carbocycles. The Morgan fingerprint density at radius 3 is 2.72 bits per heavy atom. The molecule has 1 N–H and O–H groups in total. The third-order valence-electron chi connectivity index (χ3n) is 2.13. The summed E-state index contributed by atoms with van der Waals surface area (Å²) in [6.45, 7) is 0. The van der Waals surface area contributed by atoms with Gasteiger partial charge < -0.3 is 5.32 Å². The number of hydrogen-bond acceptors (Lipinski definition) is 2. The lowest BCUT2D eigenvalue weighted by molar-refractivity contribution is 0.102. The van der Waals surface area contributed by atoms with E-state index in [0.29, 0.717) is 26.0 Å². The summed E-state index contributed by atoms with van der Waals surface area (Å²) >= 11 is 15.0. The first kappa shape index (κ1) is 13.3. The number of anilines is 1. The van der Waals surface area contributed by atoms with Gasteiger partial charge in [0.15, 0.2) is 0 Å². The minimum absolute atomic E-state index is 0.311. The lowest BCUT2D eigenvalue weighted by Gasteiger charge is -2.06. The molecule has 3 nitrogen and oxygen atoms in total. The first-order chi connectivity index (χ1) is 8.56. The minimum Gasteiger partial charge on any atom is -0.306 e. The Hall–Kier alpha value is -1.10. The van der Waals surface area contributed by atoms with Crippen molar-refractivity contribution in [3.63, 3.8) is 0 Å². The van der Waals surface area contributed by atoms with E-state index < -0.39 is 0 Å². The largest absolute Gasteiger partial charge is 0.306 e. The molecule has 1 heterocycles. The lowest BCUT2D eigenvalue weighted by atomic mass is 10.2. The number of pyridine rings is 1. The maximum absolute atomic E-state index is 12.0. The zero-order valence-electron chi connectivity index (χ0n) is 8.95. The Kier molecular flexibility index (Phi) is 4.22. The van der Waals surface area contributed by atoms with E-state index >= 15 is 0 Å². The Balaban J connectivity index is 2.24. The van der Waals surface area contributed by atoms with E-state index in [1.165, 1.54) is 6.07 Å². The highest BCUT2D eigenvalue weighted by Gasteiger charge is 2.11. The van der Waals surface area contributed by atoms with E-state index in [0.717, 1.165) is 0 Å². The fourth-order valence-electron chi connectivity index (χ4n) is 1.33. The number of nitrogens with one attached hydrogen (secondary N) is 1. The second-order valence-electron chi connectivity index (χ2n) is 3.42. The Morgan fingerprint density at radius 2 is 2.00 bits per heavy atom. The summed E-state index contributed by atoms with van der Waals surface area (Å²) in [5.41, 5.74) is 0.311. The zero-order valence-corrected chi connectivity index (χ0v) is 12.1. The normalized spacial score (nSPS) is 10.2. The average molecular weight is 346 g/mol. The van der Waals surface area contributed by atoms with Crippen molar-refractivity contribution in [3.05, 3.63) is 56.6 Å². The first-order valence-corrected chi connectivity index (χ1v) is 6.50. The third-order valence-corrected chi connectivity index (χ3v) is 3.14. The first-order valence-electron chi connectivity index (χ1n) is 4.95. The number of carbonyl (C=O) groups excluding carboxylic acids is 1. The number of nitrogens with zero attached hydrogens (tertiary/aromatic N) is 1. The molecule has 0 atom stereocenters. The molecule has 1 aromatic heterocycles. The van der Waals surface area contributed by atoms with E-state index in [1.54, 1.807) is 30.3 Å². The molecule has 0 radical (unpaired) electrons. The number of benzene rings is 1. The van der Waals surface area contributed by atoms with Crippen LogP contribution in [-0.2, 0) is 0 Å². The predicted octanol–water partition coefficient (Wildman–Crippen LogP) is 4.40. The quantitative estimate of drug-likeness (QED) is 0.819. The lowest BCUT2D eigenvalue weighted by Crippen LogP contribution is -2.13. The summed E-state index contributed by atoms with van der Waals surface area (Å²) in [6, 6.07) is 9.93. The summed E-state index contributed by atoms with van der Waals surface area (Å²) in [6.07, 6.45) is 0. The fraction of sp³-hybridized carbons (Fsp3) is 0. The Bertz CT molecular complexity index is 604. The van der Waals surface area contributed by atoms with Crippen LogP contribution in [0.15, 0.2) is 41.0 Å². The van der Waals surface area contributed by atoms with Gasteiger partial charge >= 0.3 is 0 Å². The standard InChI is InChI=1S/C12H7BrCl2N2O/c13-10-2-1-3-11(16-10)17-12(18)8-6-7(14)4-5-9(8)15/h1-6H,(H,16,17,18). The van der Waals surface area contributed by atoms with Crippen molar-refractivity contribution in [2.45, 2.75) is 0 Å². The number of carbonyl (C=O) groups is 1. The second kappa shape index (κ2) is 5.69. The molecule has 92 valence electrons. The molecule has 1 aromatic carbocycles. The molecule has 1 amide bonds. The van der Waals surface area contributed by atoms with Crippen LogP contribution >= 0.6 is 39.1 Å². The van der Waals surface area contributed by atoms with Gasteiger partial charge in [-0.2, -0.15) is 0 Å². The van der Waals surface area contributed by atoms with Gasteiger partial charge in [0.05, 0.1) is 10.6 Å². The summed E-state index contributed by atoms with van der Waals surface area (Å²) < 4.78 is 0.637. The van der Waals surface area contributed by atoms with Crippen LogP contribution in [0.25, 0.3) is 0 Å². The highest BCUT2D eigenvalue weighted by molar-refractivity contribution is 9.10. The van der Waals surface area contributed by atoms with Crippen molar-refractivity contribution in [3.8, 4) is 0 Å². The van der Waals surface area contributed by atoms with Gasteiger partial charge in [-0.15, -0.1) is 0 Å². The predicted molar refractivity (Wildman–Crippen MR) is 76.4 cm³/mol. The second-order valence-corrected chi connectivity index (χ2v) is 5.08. The van der Waals surface area contributed by atoms with Crippen LogP contribution in [0, 0.1) is 0 Å². The van der Waals surface area contributed by atoms with Crippen molar-refractivity contribution >= 4 is 50.9 Å². The summed E-state index contributed by atoms with van der Waals surface area (Å²) in [5, 5.41) is 3.43. The average Bonchev–Trinajstić information content (AvgIpc) is 2.32. The van der Waals surface area contributed by atoms with Crippen molar-refractivity contribution in [1.82, 2.24) is 4.98 Å². The topological polar surface area (TPSA) is 42.0 Å². The minimum atomic E-state index is -0.354. The van der Waals surface area contributed by atoms with Gasteiger partial charge in [0.1, 0.15) is 10.4 Å². The van der Waals surface area contributed by atoms with E-state index in [4.69, 9.17) is 23.2 Å². The molecule has 0 saturated heterocycles. The molecule has 0 spiro atoms. The van der Waals surface area contributed by atoms with Gasteiger partial charge in [-0.3, -0.25) is 4.79 Å². The van der Waals surface area contributed by atoms with Crippen molar-refractivity contribution in [2.75, 3.05) is 5.32 Å². The molecular weight excluding hydrogens is 339 g/mol. The van der Waals surface area contributed by atoms with Crippen LogP contribution in [0.2, 0.25) is 10.0 Å². The molecular formula is C12H7BrCl2N2O. The van der Waals surface area contributed by atoms with Gasteiger partial charge in [0.25, 0.3) is 5.91 Å². The van der Waals surface area contributed by atoms with E-state index in [-0.39, 0.29) is 5.91 Å². The van der Waals surface area contributed by atoms with Crippen LogP contribution in [0.4, 0.5) is 5.82 Å². The Labute approximate surface area is 122 Å². The highest BCUT2D eigenvalue weighted by Crippen LogP contribution is 2.21. The number of halogens is 3. The molecule has 0 unspecified atom stereocenters. The molecule has 2 rings (SSSR count). The molecule has 0 aliphatic rings. The monoisotopic (exact) mass is 344 g/mol. The maximum Gasteiger partial charge on any atom is 0.258 e.